The van der Waals surface area contributed by atoms with E-state index in [1.807, 2.05) is 30.3 Å². The van der Waals surface area contributed by atoms with E-state index in [2.05, 4.69) is 22.2 Å². The van der Waals surface area contributed by atoms with Crippen molar-refractivity contribution in [3.63, 3.8) is 0 Å². The number of rotatable bonds is 7. The van der Waals surface area contributed by atoms with Crippen molar-refractivity contribution in [1.82, 2.24) is 19.4 Å². The van der Waals surface area contributed by atoms with Gasteiger partial charge in [-0.3, -0.25) is 9.69 Å². The summed E-state index contributed by atoms with van der Waals surface area (Å²) in [5, 5.41) is 3.07. The summed E-state index contributed by atoms with van der Waals surface area (Å²) in [7, 11) is -1.53. The van der Waals surface area contributed by atoms with Gasteiger partial charge >= 0.3 is 0 Å². The second kappa shape index (κ2) is 9.74. The zero-order valence-electron chi connectivity index (χ0n) is 18.8. The maximum atomic E-state index is 13.1. The molecule has 174 valence electrons. The van der Waals surface area contributed by atoms with E-state index >= 15 is 0 Å². The van der Waals surface area contributed by atoms with Gasteiger partial charge in [-0.2, -0.15) is 4.31 Å². The number of carbonyl (C=O) groups is 1. The number of piperazine rings is 1. The first-order valence-electron chi connectivity index (χ1n) is 11.2. The number of hydrogen-bond donors (Lipinski definition) is 1. The predicted molar refractivity (Wildman–Crippen MR) is 122 cm³/mol. The number of nitrogens with zero attached hydrogens (tertiary/aromatic N) is 3. The highest BCUT2D eigenvalue weighted by Gasteiger charge is 2.32. The lowest BCUT2D eigenvalue weighted by Gasteiger charge is -2.34. The summed E-state index contributed by atoms with van der Waals surface area (Å²) in [6, 6.07) is 11.0. The van der Waals surface area contributed by atoms with E-state index in [4.69, 9.17) is 4.42 Å². The third-order valence-corrected chi connectivity index (χ3v) is 8.33. The van der Waals surface area contributed by atoms with Crippen LogP contribution in [0, 0.1) is 6.92 Å². The van der Waals surface area contributed by atoms with Gasteiger partial charge in [0.25, 0.3) is 5.91 Å². The fourth-order valence-electron chi connectivity index (χ4n) is 4.34. The van der Waals surface area contributed by atoms with Gasteiger partial charge in [-0.05, 0) is 32.4 Å². The molecule has 0 spiro atoms. The maximum absolute atomic E-state index is 13.1. The smallest absolute Gasteiger partial charge is 0.287 e. The number of benzene rings is 1. The van der Waals surface area contributed by atoms with Crippen LogP contribution in [-0.4, -0.2) is 81.3 Å². The summed E-state index contributed by atoms with van der Waals surface area (Å²) in [5.74, 6) is -0.129. The quantitative estimate of drug-likeness (QED) is 0.681. The van der Waals surface area contributed by atoms with Crippen LogP contribution < -0.4 is 5.32 Å². The fourth-order valence-corrected chi connectivity index (χ4v) is 6.02. The van der Waals surface area contributed by atoms with Gasteiger partial charge < -0.3 is 14.6 Å². The average Bonchev–Trinajstić information content (AvgIpc) is 3.46. The summed E-state index contributed by atoms with van der Waals surface area (Å²) in [4.78, 5) is 17.8. The largest absolute Gasteiger partial charge is 0.455 e. The Morgan fingerprint density at radius 1 is 1.06 bits per heavy atom. The van der Waals surface area contributed by atoms with Crippen molar-refractivity contribution in [2.45, 2.75) is 30.7 Å². The first-order valence-corrected chi connectivity index (χ1v) is 12.7. The Kier molecular flexibility index (Phi) is 6.99. The van der Waals surface area contributed by atoms with Crippen LogP contribution in [0.15, 0.2) is 45.7 Å². The number of hydrogen-bond acceptors (Lipinski definition) is 6. The molecular formula is C23H32N4O4S. The Balaban J connectivity index is 1.52. The fraction of sp³-hybridized carbons (Fsp3) is 0.522. The number of likely N-dealkylation sites (N-methyl/N-ethyl adjacent to an activating group) is 1. The van der Waals surface area contributed by atoms with Crippen LogP contribution in [0.4, 0.5) is 0 Å². The molecule has 1 aromatic heterocycles. The Morgan fingerprint density at radius 3 is 2.38 bits per heavy atom. The average molecular weight is 461 g/mol. The highest BCUT2D eigenvalue weighted by atomic mass is 32.2. The lowest BCUT2D eigenvalue weighted by Crippen LogP contribution is -2.47. The number of sulfonamides is 1. The molecule has 8 nitrogen and oxygen atoms in total. The molecule has 0 radical (unpaired) electrons. The molecule has 1 unspecified atom stereocenters. The van der Waals surface area contributed by atoms with Crippen molar-refractivity contribution in [2.24, 2.45) is 0 Å². The summed E-state index contributed by atoms with van der Waals surface area (Å²) < 4.78 is 33.0. The molecular weight excluding hydrogens is 428 g/mol. The van der Waals surface area contributed by atoms with Crippen LogP contribution in [0.25, 0.3) is 0 Å². The van der Waals surface area contributed by atoms with E-state index in [0.29, 0.717) is 19.6 Å². The molecule has 2 aromatic rings. The van der Waals surface area contributed by atoms with Crippen molar-refractivity contribution in [2.75, 3.05) is 52.9 Å². The summed E-state index contributed by atoms with van der Waals surface area (Å²) >= 11 is 0. The lowest BCUT2D eigenvalue weighted by molar-refractivity contribution is 0.0878. The van der Waals surface area contributed by atoms with Gasteiger partial charge in [0.15, 0.2) is 5.76 Å². The number of nitrogens with one attached hydrogen (secondary N) is 1. The third-order valence-electron chi connectivity index (χ3n) is 6.32. The number of amides is 1. The number of furan rings is 1. The molecule has 2 fully saturated rings. The highest BCUT2D eigenvalue weighted by Crippen LogP contribution is 2.27. The summed E-state index contributed by atoms with van der Waals surface area (Å²) in [6.07, 6.45) is 1.71. The van der Waals surface area contributed by atoms with Gasteiger partial charge in [-0.25, -0.2) is 8.42 Å². The molecule has 4 rings (SSSR count). The molecule has 2 saturated heterocycles. The van der Waals surface area contributed by atoms with Crippen molar-refractivity contribution in [3.8, 4) is 0 Å². The second-order valence-corrected chi connectivity index (χ2v) is 10.6. The topological polar surface area (TPSA) is 86.1 Å². The molecule has 0 aliphatic carbocycles. The van der Waals surface area contributed by atoms with Crippen LogP contribution in [-0.2, 0) is 10.0 Å². The first kappa shape index (κ1) is 23.0. The monoisotopic (exact) mass is 460 g/mol. The van der Waals surface area contributed by atoms with Gasteiger partial charge in [0.05, 0.1) is 6.04 Å². The highest BCUT2D eigenvalue weighted by molar-refractivity contribution is 7.89. The zero-order chi connectivity index (χ0) is 22.7. The van der Waals surface area contributed by atoms with Crippen molar-refractivity contribution in [3.05, 3.63) is 53.5 Å². The molecule has 2 aliphatic heterocycles. The minimum Gasteiger partial charge on any atom is -0.455 e. The molecule has 1 N–H and O–H groups in total. The molecule has 2 aliphatic rings. The molecule has 1 aromatic carbocycles. The van der Waals surface area contributed by atoms with E-state index < -0.39 is 15.9 Å². The van der Waals surface area contributed by atoms with Gasteiger partial charge in [0.1, 0.15) is 10.7 Å². The van der Waals surface area contributed by atoms with E-state index in [1.165, 1.54) is 10.4 Å². The van der Waals surface area contributed by atoms with Gasteiger partial charge in [-0.1, -0.05) is 30.3 Å². The molecule has 32 heavy (non-hydrogen) atoms. The molecule has 0 saturated carbocycles. The standard InChI is InChI=1S/C23H32N4O4S/c1-18-22(32(29,30)27-10-6-7-11-27)16-21(31-18)23(28)24-20(19-8-4-3-5-9-19)17-26-14-12-25(2)13-15-26/h3-5,8-9,16,20H,6-7,10-15,17H2,1-2H3,(H,24,28). The normalized spacial score (nSPS) is 19.8. The third kappa shape index (κ3) is 5.06. The van der Waals surface area contributed by atoms with E-state index in [-0.39, 0.29) is 22.5 Å². The zero-order valence-corrected chi connectivity index (χ0v) is 19.6. The van der Waals surface area contributed by atoms with Crippen molar-refractivity contribution < 1.29 is 17.6 Å². The summed E-state index contributed by atoms with van der Waals surface area (Å²) in [5.41, 5.74) is 1.01. The first-order chi connectivity index (χ1) is 15.3. The Morgan fingerprint density at radius 2 is 1.72 bits per heavy atom. The van der Waals surface area contributed by atoms with E-state index in [0.717, 1.165) is 44.6 Å². The van der Waals surface area contributed by atoms with Gasteiger partial charge in [0.2, 0.25) is 10.0 Å². The lowest BCUT2D eigenvalue weighted by atomic mass is 10.1. The second-order valence-electron chi connectivity index (χ2n) is 8.68. The number of carbonyl (C=O) groups excluding carboxylic acids is 1. The number of aryl methyl sites for hydroxylation is 1. The van der Waals surface area contributed by atoms with Crippen LogP contribution in [0.3, 0.4) is 0 Å². The van der Waals surface area contributed by atoms with E-state index in [9.17, 15) is 13.2 Å². The minimum atomic E-state index is -3.64. The Labute approximate surface area is 190 Å². The van der Waals surface area contributed by atoms with Crippen LogP contribution in [0.5, 0.6) is 0 Å². The van der Waals surface area contributed by atoms with E-state index in [1.54, 1.807) is 6.92 Å². The van der Waals surface area contributed by atoms with Crippen LogP contribution in [0.1, 0.15) is 40.8 Å². The molecule has 1 atom stereocenters. The van der Waals surface area contributed by atoms with Crippen LogP contribution in [0.2, 0.25) is 0 Å². The maximum Gasteiger partial charge on any atom is 0.287 e. The summed E-state index contributed by atoms with van der Waals surface area (Å²) in [6.45, 7) is 7.16. The Hall–Kier alpha value is -2.20. The SMILES string of the molecule is Cc1oc(C(=O)NC(CN2CCN(C)CC2)c2ccccc2)cc1S(=O)(=O)N1CCCC1. The van der Waals surface area contributed by atoms with Crippen LogP contribution >= 0.6 is 0 Å². The molecule has 3 heterocycles. The van der Waals surface area contributed by atoms with Crippen molar-refractivity contribution in [1.29, 1.82) is 0 Å². The minimum absolute atomic E-state index is 0.0274. The molecule has 0 bridgehead atoms. The predicted octanol–water partition coefficient (Wildman–Crippen LogP) is 2.09. The molecule has 9 heteroatoms. The molecule has 1 amide bonds. The Bertz CT molecular complexity index is 1020. The van der Waals surface area contributed by atoms with Gasteiger partial charge in [0, 0.05) is 51.9 Å². The van der Waals surface area contributed by atoms with Crippen molar-refractivity contribution >= 4 is 15.9 Å². The van der Waals surface area contributed by atoms with Gasteiger partial charge in [-0.15, -0.1) is 0 Å².